The van der Waals surface area contributed by atoms with Crippen molar-refractivity contribution in [2.24, 2.45) is 0 Å². The van der Waals surface area contributed by atoms with Crippen molar-refractivity contribution in [3.63, 3.8) is 0 Å². The molecule has 0 bridgehead atoms. The van der Waals surface area contributed by atoms with Crippen LogP contribution >= 0.6 is 11.6 Å². The minimum Gasteiger partial charge on any atom is -0.496 e. The van der Waals surface area contributed by atoms with Crippen LogP contribution in [0.2, 0.25) is 5.02 Å². The molecule has 0 fully saturated rings. The van der Waals surface area contributed by atoms with Gasteiger partial charge in [-0.2, -0.15) is 8.42 Å². The molecule has 0 aliphatic rings. The molecule has 0 aliphatic carbocycles. The number of rotatable bonds is 8. The molecule has 0 spiro atoms. The second kappa shape index (κ2) is 9.13. The smallest absolute Gasteiger partial charge is 0.339 e. The molecule has 182 valence electrons. The van der Waals surface area contributed by atoms with E-state index in [4.69, 9.17) is 20.8 Å². The molecular formula is C22H17ClN2O8S2. The number of anilines is 2. The average Bonchev–Trinajstić information content (AvgIpc) is 3.25. The molecule has 4 rings (SSSR count). The minimum absolute atomic E-state index is 0.0257. The molecule has 4 aromatic rings. The fourth-order valence-electron chi connectivity index (χ4n) is 3.20. The number of fused-ring (bicyclic) bond motifs is 1. The van der Waals surface area contributed by atoms with Gasteiger partial charge in [-0.3, -0.25) is 9.44 Å². The Balaban J connectivity index is 1.70. The van der Waals surface area contributed by atoms with Crippen molar-refractivity contribution in [3.8, 4) is 5.75 Å². The van der Waals surface area contributed by atoms with Gasteiger partial charge in [0, 0.05) is 16.5 Å². The van der Waals surface area contributed by atoms with Crippen molar-refractivity contribution in [3.05, 3.63) is 77.3 Å². The van der Waals surface area contributed by atoms with Crippen LogP contribution in [-0.4, -0.2) is 35.0 Å². The molecule has 0 saturated heterocycles. The maximum absolute atomic E-state index is 13.0. The normalized spacial score (nSPS) is 11.8. The SMILES string of the molecule is COc1ccc(S(=O)(=O)Nc2ccc(Cl)cc2NS(=O)(=O)c2cc3ccccc3o2)cc1C(=O)O. The lowest BCUT2D eigenvalue weighted by atomic mass is 10.2. The number of nitrogens with one attached hydrogen (secondary N) is 2. The van der Waals surface area contributed by atoms with Gasteiger partial charge in [-0.1, -0.05) is 29.8 Å². The van der Waals surface area contributed by atoms with Crippen LogP contribution in [0.1, 0.15) is 10.4 Å². The fraction of sp³-hybridized carbons (Fsp3) is 0.0455. The van der Waals surface area contributed by atoms with E-state index < -0.39 is 26.0 Å². The van der Waals surface area contributed by atoms with Crippen LogP contribution in [0.5, 0.6) is 5.75 Å². The second-order valence-corrected chi connectivity index (χ2v) is 10.9. The summed E-state index contributed by atoms with van der Waals surface area (Å²) in [7, 11) is -7.35. The molecular weight excluding hydrogens is 520 g/mol. The van der Waals surface area contributed by atoms with E-state index in [0.717, 1.165) is 12.1 Å². The third kappa shape index (κ3) is 5.04. The fourth-order valence-corrected chi connectivity index (χ4v) is 5.52. The Bertz CT molecular complexity index is 1630. The molecule has 1 aromatic heterocycles. The van der Waals surface area contributed by atoms with Crippen LogP contribution in [0.4, 0.5) is 11.4 Å². The molecule has 0 radical (unpaired) electrons. The molecule has 35 heavy (non-hydrogen) atoms. The number of benzene rings is 3. The summed E-state index contributed by atoms with van der Waals surface area (Å²) in [6.45, 7) is 0. The van der Waals surface area contributed by atoms with Gasteiger partial charge in [-0.15, -0.1) is 0 Å². The topological polar surface area (TPSA) is 152 Å². The number of halogens is 1. The Morgan fingerprint density at radius 1 is 0.914 bits per heavy atom. The zero-order valence-corrected chi connectivity index (χ0v) is 20.2. The van der Waals surface area contributed by atoms with E-state index in [1.165, 1.54) is 37.4 Å². The number of hydrogen-bond acceptors (Lipinski definition) is 7. The number of para-hydroxylation sites is 1. The summed E-state index contributed by atoms with van der Waals surface area (Å²) in [5.41, 5.74) is -0.332. The number of sulfonamides is 2. The van der Waals surface area contributed by atoms with E-state index in [1.807, 2.05) is 0 Å². The van der Waals surface area contributed by atoms with Gasteiger partial charge in [0.15, 0.2) is 0 Å². The van der Waals surface area contributed by atoms with E-state index in [1.54, 1.807) is 24.3 Å². The van der Waals surface area contributed by atoms with Crippen molar-refractivity contribution < 1.29 is 35.9 Å². The number of carboxylic acid groups (broad SMARTS) is 1. The summed E-state index contributed by atoms with van der Waals surface area (Å²) < 4.78 is 66.8. The third-order valence-electron chi connectivity index (χ3n) is 4.85. The van der Waals surface area contributed by atoms with E-state index in [-0.39, 0.29) is 37.7 Å². The summed E-state index contributed by atoms with van der Waals surface area (Å²) in [6, 6.07) is 15.1. The maximum Gasteiger partial charge on any atom is 0.339 e. The van der Waals surface area contributed by atoms with Crippen molar-refractivity contribution >= 4 is 60.0 Å². The summed E-state index contributed by atoms with van der Waals surface area (Å²) in [4.78, 5) is 11.1. The van der Waals surface area contributed by atoms with Gasteiger partial charge >= 0.3 is 5.97 Å². The first-order chi connectivity index (χ1) is 16.5. The standard InChI is InChI=1S/C22H17ClN2O8S2/c1-32-20-9-7-15(12-16(20)22(26)27)34(28,29)24-17-8-6-14(23)11-18(17)25-35(30,31)21-10-13-4-2-3-5-19(13)33-21/h2-12,24-25H,1H3,(H,26,27). The van der Waals surface area contributed by atoms with Crippen LogP contribution in [0.25, 0.3) is 11.0 Å². The molecule has 1 heterocycles. The molecule has 13 heteroatoms. The van der Waals surface area contributed by atoms with Gasteiger partial charge in [0.1, 0.15) is 16.9 Å². The highest BCUT2D eigenvalue weighted by atomic mass is 35.5. The van der Waals surface area contributed by atoms with E-state index in [9.17, 15) is 26.7 Å². The molecule has 3 N–H and O–H groups in total. The Labute approximate surface area is 205 Å². The Morgan fingerprint density at radius 3 is 2.31 bits per heavy atom. The molecule has 0 unspecified atom stereocenters. The first-order valence-corrected chi connectivity index (χ1v) is 13.1. The van der Waals surface area contributed by atoms with Gasteiger partial charge in [0.05, 0.1) is 23.4 Å². The summed E-state index contributed by atoms with van der Waals surface area (Å²) in [5, 5.41) is 9.66. The van der Waals surface area contributed by atoms with Crippen LogP contribution < -0.4 is 14.2 Å². The van der Waals surface area contributed by atoms with Crippen molar-refractivity contribution in [1.82, 2.24) is 0 Å². The first-order valence-electron chi connectivity index (χ1n) is 9.75. The monoisotopic (exact) mass is 536 g/mol. The Morgan fingerprint density at radius 2 is 1.63 bits per heavy atom. The van der Waals surface area contributed by atoms with Crippen molar-refractivity contribution in [2.45, 2.75) is 9.99 Å². The molecule has 10 nitrogen and oxygen atoms in total. The lowest BCUT2D eigenvalue weighted by molar-refractivity contribution is 0.0693. The number of ether oxygens (including phenoxy) is 1. The highest BCUT2D eigenvalue weighted by Crippen LogP contribution is 2.32. The maximum atomic E-state index is 13.0. The van der Waals surface area contributed by atoms with Gasteiger partial charge in [0.2, 0.25) is 5.09 Å². The average molecular weight is 537 g/mol. The van der Waals surface area contributed by atoms with Crippen LogP contribution in [0, 0.1) is 0 Å². The lowest BCUT2D eigenvalue weighted by Gasteiger charge is -2.15. The second-order valence-electron chi connectivity index (χ2n) is 7.17. The van der Waals surface area contributed by atoms with Gasteiger partial charge in [-0.05, 0) is 42.5 Å². The summed E-state index contributed by atoms with van der Waals surface area (Å²) >= 11 is 6.02. The number of methoxy groups -OCH3 is 1. The number of aromatic carboxylic acids is 1. The van der Waals surface area contributed by atoms with Crippen LogP contribution in [-0.2, 0) is 20.0 Å². The third-order valence-corrected chi connectivity index (χ3v) is 7.67. The molecule has 0 atom stereocenters. The predicted octanol–water partition coefficient (Wildman–Crippen LogP) is 4.39. The van der Waals surface area contributed by atoms with Crippen LogP contribution in [0.15, 0.2) is 81.1 Å². The van der Waals surface area contributed by atoms with Gasteiger partial charge in [-0.25, -0.2) is 13.2 Å². The highest BCUT2D eigenvalue weighted by Gasteiger charge is 2.24. The lowest BCUT2D eigenvalue weighted by Crippen LogP contribution is -2.18. The van der Waals surface area contributed by atoms with E-state index in [2.05, 4.69) is 9.44 Å². The number of hydrogen-bond donors (Lipinski definition) is 3. The van der Waals surface area contributed by atoms with Crippen molar-refractivity contribution in [2.75, 3.05) is 16.6 Å². The Kier molecular flexibility index (Phi) is 6.36. The molecule has 0 aliphatic heterocycles. The molecule has 3 aromatic carbocycles. The zero-order chi connectivity index (χ0) is 25.4. The quantitative estimate of drug-likeness (QED) is 0.300. The van der Waals surface area contributed by atoms with Crippen LogP contribution in [0.3, 0.4) is 0 Å². The highest BCUT2D eigenvalue weighted by molar-refractivity contribution is 7.93. The number of furan rings is 1. The number of carbonyl (C=O) groups is 1. The largest absolute Gasteiger partial charge is 0.496 e. The van der Waals surface area contributed by atoms with E-state index >= 15 is 0 Å². The zero-order valence-electron chi connectivity index (χ0n) is 17.9. The summed E-state index contributed by atoms with van der Waals surface area (Å²) in [6.07, 6.45) is 0. The Hall–Kier alpha value is -3.74. The molecule has 0 amide bonds. The van der Waals surface area contributed by atoms with Gasteiger partial charge < -0.3 is 14.3 Å². The molecule has 0 saturated carbocycles. The van der Waals surface area contributed by atoms with E-state index in [0.29, 0.717) is 11.0 Å². The minimum atomic E-state index is -4.34. The number of carboxylic acids is 1. The first kappa shape index (κ1) is 24.4. The predicted molar refractivity (Wildman–Crippen MR) is 129 cm³/mol. The van der Waals surface area contributed by atoms with Gasteiger partial charge in [0.25, 0.3) is 20.0 Å². The summed E-state index contributed by atoms with van der Waals surface area (Å²) in [5.74, 6) is -1.41. The van der Waals surface area contributed by atoms with Crippen molar-refractivity contribution in [1.29, 1.82) is 0 Å².